The number of hydrogen-bond donors (Lipinski definition) is 1. The van der Waals surface area contributed by atoms with Gasteiger partial charge in [-0.25, -0.2) is 22.9 Å². The standard InChI is InChI=1S/C35H34F6N6O3S/c1-24-19-34(37,38)23-47(24,51(49,50)30-10-8-29(36)9-11-30)33(48)43-21-26-17-31(27-4-6-28(7-5-27)35(39,40)41)44-32(18-26)46-15-13-45(14-16-46)22-25-3-2-12-42-20-25/h2-12,17-18,20,24H,13-16,19,21-23H2,1H3/p+1/t24-,47?/m1/s1. The number of halogens is 6. The van der Waals surface area contributed by atoms with E-state index in [0.29, 0.717) is 55.4 Å². The average molecular weight is 734 g/mol. The molecule has 2 saturated heterocycles. The fraction of sp³-hybridized carbons (Fsp3) is 0.343. The molecule has 51 heavy (non-hydrogen) atoms. The number of nitrogens with zero attached hydrogens (tertiary/aromatic N) is 5. The number of hydrogen-bond acceptors (Lipinski definition) is 7. The van der Waals surface area contributed by atoms with Crippen molar-refractivity contribution < 1.29 is 43.4 Å². The predicted octanol–water partition coefficient (Wildman–Crippen LogP) is 6.47. The molecular weight excluding hydrogens is 698 g/mol. The Morgan fingerprint density at radius 3 is 2.25 bits per heavy atom. The summed E-state index contributed by atoms with van der Waals surface area (Å²) in [7, 11) is -4.80. The fourth-order valence-corrected chi connectivity index (χ4v) is 8.70. The predicted molar refractivity (Wildman–Crippen MR) is 176 cm³/mol. The molecule has 16 heteroatoms. The molecule has 0 aliphatic carbocycles. The highest BCUT2D eigenvalue weighted by Gasteiger charge is 2.66. The number of quaternary nitrogens is 1. The molecule has 2 aromatic carbocycles. The molecule has 6 rings (SSSR count). The first-order chi connectivity index (χ1) is 24.1. The van der Waals surface area contributed by atoms with Crippen LogP contribution in [0.1, 0.15) is 30.0 Å². The van der Waals surface area contributed by atoms with Crippen LogP contribution >= 0.6 is 0 Å². The summed E-state index contributed by atoms with van der Waals surface area (Å²) in [5.41, 5.74) is 1.29. The Morgan fingerprint density at radius 1 is 0.980 bits per heavy atom. The van der Waals surface area contributed by atoms with Crippen LogP contribution in [0.25, 0.3) is 11.3 Å². The monoisotopic (exact) mass is 733 g/mol. The van der Waals surface area contributed by atoms with E-state index in [0.717, 1.165) is 42.0 Å². The number of sulfonamides is 1. The molecule has 2 atom stereocenters. The second kappa shape index (κ2) is 13.9. The molecule has 4 heterocycles. The quantitative estimate of drug-likeness (QED) is 0.164. The second-order valence-electron chi connectivity index (χ2n) is 12.9. The van der Waals surface area contributed by atoms with Crippen LogP contribution in [0.4, 0.5) is 37.0 Å². The number of benzene rings is 2. The molecule has 0 saturated carbocycles. The van der Waals surface area contributed by atoms with Crippen molar-refractivity contribution in [3.8, 4) is 11.3 Å². The van der Waals surface area contributed by atoms with Crippen molar-refractivity contribution in [2.75, 3.05) is 37.6 Å². The lowest BCUT2D eigenvalue weighted by Gasteiger charge is -2.36. The van der Waals surface area contributed by atoms with Gasteiger partial charge in [0.1, 0.15) is 22.6 Å². The molecule has 0 bridgehead atoms. The third kappa shape index (κ3) is 7.58. The van der Waals surface area contributed by atoms with Gasteiger partial charge < -0.3 is 10.2 Å². The Kier molecular flexibility index (Phi) is 9.87. The number of pyridine rings is 2. The molecule has 0 spiro atoms. The second-order valence-corrected chi connectivity index (χ2v) is 14.9. The molecule has 1 N–H and O–H groups in total. The van der Waals surface area contributed by atoms with Crippen LogP contribution in [0.2, 0.25) is 0 Å². The zero-order valence-electron chi connectivity index (χ0n) is 27.5. The van der Waals surface area contributed by atoms with Crippen LogP contribution in [-0.4, -0.2) is 77.9 Å². The molecule has 2 aliphatic heterocycles. The Bertz CT molecular complexity index is 1970. The van der Waals surface area contributed by atoms with Gasteiger partial charge >= 0.3 is 28.2 Å². The van der Waals surface area contributed by atoms with E-state index in [2.05, 4.69) is 15.2 Å². The maximum Gasteiger partial charge on any atom is 0.432 e. The summed E-state index contributed by atoms with van der Waals surface area (Å²) < 4.78 is 109. The minimum absolute atomic E-state index is 0.298. The van der Waals surface area contributed by atoms with Gasteiger partial charge in [-0.2, -0.15) is 21.6 Å². The summed E-state index contributed by atoms with van der Waals surface area (Å²) in [5.74, 6) is -3.75. The molecule has 1 unspecified atom stereocenters. The minimum Gasteiger partial charge on any atom is -0.354 e. The number of anilines is 1. The zero-order chi connectivity index (χ0) is 36.6. The van der Waals surface area contributed by atoms with Gasteiger partial charge in [0.25, 0.3) is 0 Å². The largest absolute Gasteiger partial charge is 0.432 e. The van der Waals surface area contributed by atoms with E-state index in [1.165, 1.54) is 19.1 Å². The normalized spacial score (nSPS) is 21.1. The maximum absolute atomic E-state index is 14.9. The summed E-state index contributed by atoms with van der Waals surface area (Å²) >= 11 is 0. The van der Waals surface area contributed by atoms with E-state index in [9.17, 15) is 39.6 Å². The Morgan fingerprint density at radius 2 is 1.67 bits per heavy atom. The number of urea groups is 1. The van der Waals surface area contributed by atoms with Crippen molar-refractivity contribution in [2.45, 2.75) is 49.5 Å². The third-order valence-corrected chi connectivity index (χ3v) is 11.7. The van der Waals surface area contributed by atoms with Gasteiger partial charge in [0, 0.05) is 57.2 Å². The number of nitrogens with one attached hydrogen (secondary N) is 1. The number of amides is 2. The first-order valence-electron chi connectivity index (χ1n) is 16.2. The Hall–Kier alpha value is -4.54. The first-order valence-corrected chi connectivity index (χ1v) is 17.6. The summed E-state index contributed by atoms with van der Waals surface area (Å²) in [5, 5.41) is 2.55. The van der Waals surface area contributed by atoms with E-state index < -0.39 is 67.3 Å². The average Bonchev–Trinajstić information content (AvgIpc) is 3.37. The number of piperazine rings is 1. The summed E-state index contributed by atoms with van der Waals surface area (Å²) in [4.78, 5) is 26.6. The minimum atomic E-state index is -4.80. The topological polar surface area (TPSA) is 95.5 Å². The van der Waals surface area contributed by atoms with Gasteiger partial charge in [0.2, 0.25) is 0 Å². The van der Waals surface area contributed by atoms with Crippen LogP contribution in [0, 0.1) is 5.82 Å². The molecule has 2 aliphatic rings. The van der Waals surface area contributed by atoms with Gasteiger partial charge in [-0.3, -0.25) is 9.88 Å². The van der Waals surface area contributed by atoms with Gasteiger partial charge in [-0.05, 0) is 72.6 Å². The molecular formula is C35H35F6N6O3S+. The zero-order valence-corrected chi connectivity index (χ0v) is 28.3. The lowest BCUT2D eigenvalue weighted by atomic mass is 10.1. The number of alkyl halides is 5. The highest BCUT2D eigenvalue weighted by Crippen LogP contribution is 2.43. The number of likely N-dealkylation sites (tertiary alicyclic amines) is 1. The van der Waals surface area contributed by atoms with E-state index in [-0.39, 0.29) is 6.54 Å². The number of carbonyl (C=O) groups is 1. The van der Waals surface area contributed by atoms with Gasteiger partial charge in [-0.15, -0.1) is 3.89 Å². The first kappa shape index (κ1) is 36.3. The summed E-state index contributed by atoms with van der Waals surface area (Å²) in [6.07, 6.45) is -1.92. The van der Waals surface area contributed by atoms with Crippen LogP contribution in [0.5, 0.6) is 0 Å². The van der Waals surface area contributed by atoms with E-state index in [1.54, 1.807) is 24.5 Å². The third-order valence-electron chi connectivity index (χ3n) is 9.31. The van der Waals surface area contributed by atoms with Crippen LogP contribution < -0.4 is 10.2 Å². The van der Waals surface area contributed by atoms with Crippen LogP contribution in [0.3, 0.4) is 0 Å². The highest BCUT2D eigenvalue weighted by molar-refractivity contribution is 7.86. The summed E-state index contributed by atoms with van der Waals surface area (Å²) in [6.45, 7) is 2.76. The fourth-order valence-electron chi connectivity index (χ4n) is 6.65. The number of rotatable bonds is 8. The highest BCUT2D eigenvalue weighted by atomic mass is 32.2. The molecule has 2 amide bonds. The number of carbonyl (C=O) groups excluding carboxylic acids is 1. The number of aromatic nitrogens is 2. The Balaban J connectivity index is 1.29. The van der Waals surface area contributed by atoms with E-state index in [4.69, 9.17) is 4.98 Å². The lowest BCUT2D eigenvalue weighted by molar-refractivity contribution is -0.738. The molecule has 2 aromatic heterocycles. The van der Waals surface area contributed by atoms with Gasteiger partial charge in [0.15, 0.2) is 6.54 Å². The maximum atomic E-state index is 14.9. The Labute approximate surface area is 291 Å². The van der Waals surface area contributed by atoms with Crippen LogP contribution in [0.15, 0.2) is 90.1 Å². The molecule has 9 nitrogen and oxygen atoms in total. The molecule has 0 radical (unpaired) electrons. The van der Waals surface area contributed by atoms with Crippen molar-refractivity contribution in [2.24, 2.45) is 0 Å². The van der Waals surface area contributed by atoms with Gasteiger partial charge in [0.05, 0.1) is 17.7 Å². The van der Waals surface area contributed by atoms with Crippen molar-refractivity contribution in [3.05, 3.63) is 108 Å². The molecule has 270 valence electrons. The van der Waals surface area contributed by atoms with E-state index >= 15 is 0 Å². The van der Waals surface area contributed by atoms with Crippen molar-refractivity contribution >= 4 is 21.9 Å². The molecule has 4 aromatic rings. The molecule has 2 fully saturated rings. The lowest BCUT2D eigenvalue weighted by Crippen LogP contribution is -2.62. The van der Waals surface area contributed by atoms with E-state index in [1.807, 2.05) is 17.0 Å². The van der Waals surface area contributed by atoms with Crippen molar-refractivity contribution in [1.29, 1.82) is 0 Å². The van der Waals surface area contributed by atoms with Crippen molar-refractivity contribution in [3.63, 3.8) is 0 Å². The van der Waals surface area contributed by atoms with Crippen molar-refractivity contribution in [1.82, 2.24) is 20.2 Å². The van der Waals surface area contributed by atoms with Gasteiger partial charge in [-0.1, -0.05) is 18.2 Å². The summed E-state index contributed by atoms with van der Waals surface area (Å²) in [6, 6.07) is 12.6. The SMILES string of the molecule is C[C@@H]1CC(F)(F)C[N+]1(C(=O)NCc1cc(-c2ccc(C(F)(F)F)cc2)nc(N2CCN(Cc3cccnc3)CC2)c1)S(=O)(=O)c1ccc(F)cc1. The van der Waals surface area contributed by atoms with Crippen LogP contribution in [-0.2, 0) is 29.3 Å². The smallest absolute Gasteiger partial charge is 0.354 e.